The Hall–Kier alpha value is -2.86. The molecule has 5 heterocycles. The van der Waals surface area contributed by atoms with Gasteiger partial charge in [0.2, 0.25) is 17.7 Å². The Balaban J connectivity index is 1.30. The zero-order chi connectivity index (χ0) is 28.6. The first-order chi connectivity index (χ1) is 20.0. The van der Waals surface area contributed by atoms with Gasteiger partial charge in [-0.1, -0.05) is 24.3 Å². The number of amides is 3. The molecule has 11 heteroatoms. The van der Waals surface area contributed by atoms with Gasteiger partial charge < -0.3 is 29.3 Å². The summed E-state index contributed by atoms with van der Waals surface area (Å²) < 4.78 is 10.1. The SMILES string of the molecule is CCOc1ccc(N2CC=C[C@@H]3S[C@]45C=CCN(CCN6CCOCC6)C(=O)C4N(CCO)C(=O)[C@@H]5[C@@H]3C2=O)cc1. The van der Waals surface area contributed by atoms with Crippen molar-refractivity contribution in [3.63, 3.8) is 0 Å². The predicted molar refractivity (Wildman–Crippen MR) is 156 cm³/mol. The molecular formula is C30H38N4O6S. The highest BCUT2D eigenvalue weighted by atomic mass is 32.2. The molecule has 1 spiro atoms. The Morgan fingerprint density at radius 2 is 1.78 bits per heavy atom. The van der Waals surface area contributed by atoms with Gasteiger partial charge in [-0.05, 0) is 31.2 Å². The highest BCUT2D eigenvalue weighted by Crippen LogP contribution is 2.61. The number of anilines is 1. The molecule has 5 aliphatic rings. The van der Waals surface area contributed by atoms with Crippen molar-refractivity contribution in [3.05, 3.63) is 48.6 Å². The largest absolute Gasteiger partial charge is 0.494 e. The monoisotopic (exact) mass is 582 g/mol. The van der Waals surface area contributed by atoms with E-state index in [2.05, 4.69) is 4.90 Å². The summed E-state index contributed by atoms with van der Waals surface area (Å²) in [7, 11) is 0. The molecule has 5 aliphatic heterocycles. The van der Waals surface area contributed by atoms with Crippen LogP contribution in [0, 0.1) is 11.8 Å². The van der Waals surface area contributed by atoms with Crippen molar-refractivity contribution in [2.24, 2.45) is 11.8 Å². The molecule has 3 fully saturated rings. The normalized spacial score (nSPS) is 31.7. The zero-order valence-electron chi connectivity index (χ0n) is 23.4. The van der Waals surface area contributed by atoms with Gasteiger partial charge in [0.05, 0.1) is 43.0 Å². The lowest BCUT2D eigenvalue weighted by atomic mass is 9.78. The maximum absolute atomic E-state index is 14.3. The molecule has 3 saturated heterocycles. The van der Waals surface area contributed by atoms with Crippen LogP contribution >= 0.6 is 11.8 Å². The third-order valence-corrected chi connectivity index (χ3v) is 10.6. The number of β-amino-alcohol motifs (C(OH)–C–C–N with tert-alkyl or cyclic N) is 1. The minimum absolute atomic E-state index is 0.0587. The fourth-order valence-corrected chi connectivity index (χ4v) is 8.95. The summed E-state index contributed by atoms with van der Waals surface area (Å²) in [5.41, 5.74) is 0.741. The molecule has 220 valence electrons. The van der Waals surface area contributed by atoms with Crippen LogP contribution in [0.2, 0.25) is 0 Å². The van der Waals surface area contributed by atoms with Crippen molar-refractivity contribution in [2.45, 2.75) is 23.0 Å². The second kappa shape index (κ2) is 11.8. The highest BCUT2D eigenvalue weighted by Gasteiger charge is 2.70. The van der Waals surface area contributed by atoms with Crippen molar-refractivity contribution in [1.29, 1.82) is 0 Å². The molecule has 1 unspecified atom stereocenters. The summed E-state index contributed by atoms with van der Waals surface area (Å²) in [5, 5.41) is 9.68. The van der Waals surface area contributed by atoms with Crippen molar-refractivity contribution < 1.29 is 29.0 Å². The van der Waals surface area contributed by atoms with Crippen LogP contribution in [0.3, 0.4) is 0 Å². The number of ether oxygens (including phenoxy) is 2. The van der Waals surface area contributed by atoms with E-state index in [0.29, 0.717) is 39.5 Å². The van der Waals surface area contributed by atoms with E-state index in [1.165, 1.54) is 4.90 Å². The van der Waals surface area contributed by atoms with E-state index in [1.807, 2.05) is 60.4 Å². The molecule has 0 radical (unpaired) electrons. The topological polar surface area (TPSA) is 103 Å². The average Bonchev–Trinajstić information content (AvgIpc) is 3.29. The fourth-order valence-electron chi connectivity index (χ4n) is 6.94. The van der Waals surface area contributed by atoms with E-state index < -0.39 is 22.6 Å². The molecule has 1 aromatic carbocycles. The molecule has 41 heavy (non-hydrogen) atoms. The number of hydrogen-bond acceptors (Lipinski definition) is 8. The maximum Gasteiger partial charge on any atom is 0.247 e. The molecule has 5 atom stereocenters. The quantitative estimate of drug-likeness (QED) is 0.454. The first-order valence-electron chi connectivity index (χ1n) is 14.5. The van der Waals surface area contributed by atoms with Crippen molar-refractivity contribution >= 4 is 35.2 Å². The molecular weight excluding hydrogens is 544 g/mol. The number of carbonyl (C=O) groups is 3. The second-order valence-corrected chi connectivity index (χ2v) is 12.5. The van der Waals surface area contributed by atoms with Gasteiger partial charge in [-0.2, -0.15) is 0 Å². The van der Waals surface area contributed by atoms with E-state index in [0.717, 1.165) is 31.1 Å². The number of morpholine rings is 1. The summed E-state index contributed by atoms with van der Waals surface area (Å²) in [4.78, 5) is 50.0. The molecule has 0 aromatic heterocycles. The lowest BCUT2D eigenvalue weighted by Crippen LogP contribution is -2.54. The van der Waals surface area contributed by atoms with Gasteiger partial charge in [0.25, 0.3) is 0 Å². The summed E-state index contributed by atoms with van der Waals surface area (Å²) in [6, 6.07) is 6.66. The van der Waals surface area contributed by atoms with Gasteiger partial charge in [0.15, 0.2) is 0 Å². The average molecular weight is 583 g/mol. The van der Waals surface area contributed by atoms with Gasteiger partial charge in [0, 0.05) is 56.8 Å². The lowest BCUT2D eigenvalue weighted by Gasteiger charge is -2.36. The lowest BCUT2D eigenvalue weighted by molar-refractivity contribution is -0.143. The van der Waals surface area contributed by atoms with Gasteiger partial charge in [0.1, 0.15) is 11.8 Å². The predicted octanol–water partition coefficient (Wildman–Crippen LogP) is 1.01. The Labute approximate surface area is 244 Å². The van der Waals surface area contributed by atoms with Gasteiger partial charge in [-0.15, -0.1) is 11.8 Å². The van der Waals surface area contributed by atoms with Gasteiger partial charge >= 0.3 is 0 Å². The van der Waals surface area contributed by atoms with Crippen molar-refractivity contribution in [1.82, 2.24) is 14.7 Å². The minimum Gasteiger partial charge on any atom is -0.494 e. The summed E-state index contributed by atoms with van der Waals surface area (Å²) in [5.74, 6) is -1.05. The first kappa shape index (κ1) is 28.3. The Kier molecular flexibility index (Phi) is 8.13. The van der Waals surface area contributed by atoms with Crippen LogP contribution in [0.15, 0.2) is 48.6 Å². The van der Waals surface area contributed by atoms with Crippen LogP contribution < -0.4 is 9.64 Å². The number of carbonyl (C=O) groups excluding carboxylic acids is 3. The van der Waals surface area contributed by atoms with Crippen molar-refractivity contribution in [3.8, 4) is 5.75 Å². The number of benzene rings is 1. The number of fused-ring (bicyclic) bond motifs is 2. The van der Waals surface area contributed by atoms with Crippen LogP contribution in [0.25, 0.3) is 0 Å². The zero-order valence-corrected chi connectivity index (χ0v) is 24.2. The molecule has 3 amide bonds. The van der Waals surface area contributed by atoms with Gasteiger partial charge in [-0.3, -0.25) is 19.3 Å². The number of nitrogens with zero attached hydrogens (tertiary/aromatic N) is 4. The molecule has 6 rings (SSSR count). The number of rotatable bonds is 8. The van der Waals surface area contributed by atoms with Crippen LogP contribution in [0.5, 0.6) is 5.75 Å². The Bertz CT molecular complexity index is 1220. The summed E-state index contributed by atoms with van der Waals surface area (Å²) in [6.45, 7) is 7.47. The third-order valence-electron chi connectivity index (χ3n) is 8.83. The van der Waals surface area contributed by atoms with E-state index in [1.54, 1.807) is 16.7 Å². The van der Waals surface area contributed by atoms with Gasteiger partial charge in [-0.25, -0.2) is 0 Å². The summed E-state index contributed by atoms with van der Waals surface area (Å²) >= 11 is 1.56. The molecule has 1 aromatic rings. The smallest absolute Gasteiger partial charge is 0.247 e. The minimum atomic E-state index is -0.881. The Morgan fingerprint density at radius 3 is 2.51 bits per heavy atom. The molecule has 0 saturated carbocycles. The van der Waals surface area contributed by atoms with Crippen LogP contribution in [0.1, 0.15) is 6.92 Å². The number of hydrogen-bond donors (Lipinski definition) is 1. The van der Waals surface area contributed by atoms with Crippen molar-refractivity contribution in [2.75, 3.05) is 77.1 Å². The fraction of sp³-hybridized carbons (Fsp3) is 0.567. The standard InChI is InChI=1S/C30H38N4O6S/c1-2-40-22-8-6-21(7-9-22)33-12-3-5-23-24(27(33)36)25-28(37)34(15-18-35)26-29(38)32(11-4-10-30(25,26)41-23)14-13-31-16-19-39-20-17-31/h3-10,23-26,35H,2,11-20H2,1H3/t23-,24+,25-,26?,30-/m0/s1. The van der Waals surface area contributed by atoms with Crippen LogP contribution in [-0.4, -0.2) is 126 Å². The molecule has 1 N–H and O–H groups in total. The molecule has 0 aliphatic carbocycles. The number of aliphatic hydroxyl groups excluding tert-OH is 1. The van der Waals surface area contributed by atoms with E-state index in [9.17, 15) is 19.5 Å². The maximum atomic E-state index is 14.3. The Morgan fingerprint density at radius 1 is 1.00 bits per heavy atom. The highest BCUT2D eigenvalue weighted by molar-refractivity contribution is 8.02. The number of likely N-dealkylation sites (tertiary alicyclic amines) is 1. The second-order valence-electron chi connectivity index (χ2n) is 11.0. The van der Waals surface area contributed by atoms with E-state index >= 15 is 0 Å². The third kappa shape index (κ3) is 4.96. The number of aliphatic hydroxyl groups is 1. The van der Waals surface area contributed by atoms with Crippen LogP contribution in [-0.2, 0) is 19.1 Å². The molecule has 10 nitrogen and oxygen atoms in total. The number of thioether (sulfide) groups is 1. The van der Waals surface area contributed by atoms with E-state index in [4.69, 9.17) is 9.47 Å². The van der Waals surface area contributed by atoms with E-state index in [-0.39, 0.29) is 36.1 Å². The van der Waals surface area contributed by atoms with Crippen LogP contribution in [0.4, 0.5) is 5.69 Å². The summed E-state index contributed by atoms with van der Waals surface area (Å²) in [6.07, 6.45) is 8.04. The molecule has 0 bridgehead atoms. The first-order valence-corrected chi connectivity index (χ1v) is 15.4.